The Labute approximate surface area is 207 Å². The Hall–Kier alpha value is -3.20. The van der Waals surface area contributed by atoms with Crippen LogP contribution < -0.4 is 9.80 Å². The normalized spacial score (nSPS) is 16.6. The van der Waals surface area contributed by atoms with Crippen LogP contribution in [-0.2, 0) is 4.79 Å². The first-order chi connectivity index (χ1) is 15.7. The molecular weight excluding hydrogens is 516 g/mol. The molecule has 1 aliphatic heterocycles. The summed E-state index contributed by atoms with van der Waals surface area (Å²) in [4.78, 5) is 32.0. The van der Waals surface area contributed by atoms with Gasteiger partial charge in [-0.2, -0.15) is 22.6 Å². The van der Waals surface area contributed by atoms with Gasteiger partial charge in [0.2, 0.25) is 0 Å². The van der Waals surface area contributed by atoms with Crippen LogP contribution in [0.5, 0.6) is 0 Å². The number of pyridine rings is 1. The Bertz CT molecular complexity index is 1320. The molecule has 34 heavy (non-hydrogen) atoms. The summed E-state index contributed by atoms with van der Waals surface area (Å²) in [5, 5.41) is 2.66. The maximum absolute atomic E-state index is 14.2. The topological polar surface area (TPSA) is 71.4 Å². The molecule has 0 saturated carbocycles. The van der Waals surface area contributed by atoms with Crippen LogP contribution in [0.3, 0.4) is 0 Å². The zero-order valence-electron chi connectivity index (χ0n) is 16.8. The molecule has 2 aromatic carbocycles. The van der Waals surface area contributed by atoms with Crippen molar-refractivity contribution in [2.24, 2.45) is 4.99 Å². The summed E-state index contributed by atoms with van der Waals surface area (Å²) in [5.41, 5.74) is -0.276. The molecule has 0 saturated heterocycles. The van der Waals surface area contributed by atoms with Crippen LogP contribution in [0.4, 0.5) is 35.9 Å². The van der Waals surface area contributed by atoms with Gasteiger partial charge in [-0.1, -0.05) is 35.3 Å². The number of alkyl halides is 3. The average Bonchev–Trinajstić information content (AvgIpc) is 3.11. The van der Waals surface area contributed by atoms with Gasteiger partial charge in [-0.3, -0.25) is 9.78 Å². The zero-order chi connectivity index (χ0) is 23.8. The molecule has 3 aromatic rings. The van der Waals surface area contributed by atoms with Crippen LogP contribution in [0.25, 0.3) is 0 Å². The molecule has 0 radical (unpaired) electrons. The number of anilines is 1. The Morgan fingerprint density at radius 1 is 1.06 bits per heavy atom. The van der Waals surface area contributed by atoms with Gasteiger partial charge in [0.1, 0.15) is 0 Å². The van der Waals surface area contributed by atoms with Crippen molar-refractivity contribution in [1.29, 1.82) is 0 Å². The number of nitrogens with zero attached hydrogens (tertiary/aromatic N) is 3. The van der Waals surface area contributed by atoms with Crippen molar-refractivity contribution in [3.63, 3.8) is 0 Å². The third kappa shape index (κ3) is 4.20. The molecule has 0 bridgehead atoms. The molecule has 6 nitrogen and oxygen atoms in total. The SMILES string of the molecule is Cl.O=C=C[N+]1(c2cccnc2)C(C(F)(F)F)=Nc2c(NC(=O)c3c(Cl)cccc3Cl)cccc21. The Morgan fingerprint density at radius 2 is 1.74 bits per heavy atom. The smallest absolute Gasteiger partial charge is 0.320 e. The lowest BCUT2D eigenvalue weighted by Gasteiger charge is -2.29. The lowest BCUT2D eigenvalue weighted by Crippen LogP contribution is -2.50. The van der Waals surface area contributed by atoms with Gasteiger partial charge in [0.05, 0.1) is 27.5 Å². The molecule has 1 aliphatic rings. The Balaban J connectivity index is 0.00000324. The van der Waals surface area contributed by atoms with Crippen LogP contribution >= 0.6 is 35.6 Å². The lowest BCUT2D eigenvalue weighted by atomic mass is 10.1. The molecule has 1 unspecified atom stereocenters. The molecular formula is C22H13Cl3F3N4O2+. The van der Waals surface area contributed by atoms with E-state index in [9.17, 15) is 22.8 Å². The number of halogens is 6. The number of carbonyl (C=O) groups excluding carboxylic acids is 2. The fourth-order valence-electron chi connectivity index (χ4n) is 3.60. The van der Waals surface area contributed by atoms with Crippen molar-refractivity contribution < 1.29 is 22.8 Å². The molecule has 4 rings (SSSR count). The van der Waals surface area contributed by atoms with Gasteiger partial charge in [-0.15, -0.1) is 12.4 Å². The first-order valence-electron chi connectivity index (χ1n) is 9.27. The summed E-state index contributed by atoms with van der Waals surface area (Å²) in [6.07, 6.45) is -1.66. The van der Waals surface area contributed by atoms with Crippen LogP contribution in [-0.4, -0.2) is 28.8 Å². The largest absolute Gasteiger partial charge is 0.488 e. The van der Waals surface area contributed by atoms with Crippen molar-refractivity contribution in [2.45, 2.75) is 6.18 Å². The molecule has 0 aliphatic carbocycles. The first kappa shape index (κ1) is 25.4. The van der Waals surface area contributed by atoms with E-state index in [2.05, 4.69) is 15.3 Å². The summed E-state index contributed by atoms with van der Waals surface area (Å²) in [6.45, 7) is 0. The van der Waals surface area contributed by atoms with Crippen LogP contribution in [0.15, 0.2) is 72.1 Å². The predicted molar refractivity (Wildman–Crippen MR) is 127 cm³/mol. The number of quaternary nitrogens is 1. The van der Waals surface area contributed by atoms with Crippen LogP contribution in [0.1, 0.15) is 10.4 Å². The molecule has 12 heteroatoms. The number of carbonyl (C=O) groups is 1. The van der Waals surface area contributed by atoms with E-state index < -0.39 is 22.4 Å². The van der Waals surface area contributed by atoms with E-state index in [1.54, 1.807) is 6.07 Å². The third-order valence-electron chi connectivity index (χ3n) is 4.94. The number of aromatic nitrogens is 1. The van der Waals surface area contributed by atoms with E-state index >= 15 is 0 Å². The second-order valence-electron chi connectivity index (χ2n) is 6.84. The molecule has 0 fully saturated rings. The van der Waals surface area contributed by atoms with E-state index in [1.165, 1.54) is 60.8 Å². The van der Waals surface area contributed by atoms with E-state index in [0.717, 1.165) is 0 Å². The third-order valence-corrected chi connectivity index (χ3v) is 5.57. The molecule has 1 N–H and O–H groups in total. The van der Waals surface area contributed by atoms with Crippen molar-refractivity contribution in [2.75, 3.05) is 5.32 Å². The monoisotopic (exact) mass is 527 g/mol. The van der Waals surface area contributed by atoms with Gasteiger partial charge >= 0.3 is 12.0 Å². The van der Waals surface area contributed by atoms with E-state index in [4.69, 9.17) is 23.2 Å². The second kappa shape index (κ2) is 9.58. The number of hydrogen-bond acceptors (Lipinski definition) is 4. The number of rotatable bonds is 4. The highest BCUT2D eigenvalue weighted by Crippen LogP contribution is 2.53. The number of para-hydroxylation sites is 1. The standard InChI is InChI=1S/C22H11Cl2F3N4O2.ClH/c23-14-5-1-6-15(24)18(14)20(33)29-16-7-2-8-17-19(16)30-21(22(25,26)27)31(17,10-11-32)13-4-3-9-28-12-13;/h1-10,12H;1H/p+1. The Morgan fingerprint density at radius 3 is 2.32 bits per heavy atom. The van der Waals surface area contributed by atoms with Gasteiger partial charge in [0.15, 0.2) is 29.2 Å². The van der Waals surface area contributed by atoms with Gasteiger partial charge < -0.3 is 5.32 Å². The van der Waals surface area contributed by atoms with Crippen molar-refractivity contribution in [3.05, 3.63) is 82.7 Å². The number of amidine groups is 1. The molecule has 1 amide bonds. The number of aliphatic imine (C=N–C) groups is 1. The van der Waals surface area contributed by atoms with Gasteiger partial charge in [-0.25, -0.2) is 4.79 Å². The Kier molecular flexibility index (Phi) is 7.16. The van der Waals surface area contributed by atoms with Gasteiger partial charge in [0, 0.05) is 18.3 Å². The summed E-state index contributed by atoms with van der Waals surface area (Å²) in [7, 11) is 0. The number of benzene rings is 2. The minimum Gasteiger partial charge on any atom is -0.320 e. The summed E-state index contributed by atoms with van der Waals surface area (Å²) in [5.74, 6) is -0.590. The second-order valence-corrected chi connectivity index (χ2v) is 7.65. The van der Waals surface area contributed by atoms with Crippen molar-refractivity contribution >= 4 is 76.0 Å². The minimum absolute atomic E-state index is 0. The lowest BCUT2D eigenvalue weighted by molar-refractivity contribution is -0.0643. The van der Waals surface area contributed by atoms with Gasteiger partial charge in [-0.05, 0) is 24.3 Å². The first-order valence-corrected chi connectivity index (χ1v) is 10.0. The van der Waals surface area contributed by atoms with E-state index in [-0.39, 0.29) is 50.8 Å². The number of amides is 1. The average molecular weight is 529 g/mol. The fraction of sp³-hybridized carbons (Fsp3) is 0.0455. The molecule has 0 spiro atoms. The molecule has 2 heterocycles. The zero-order valence-corrected chi connectivity index (χ0v) is 19.1. The van der Waals surface area contributed by atoms with Crippen molar-refractivity contribution in [3.8, 4) is 0 Å². The fourth-order valence-corrected chi connectivity index (χ4v) is 4.17. The minimum atomic E-state index is -4.93. The van der Waals surface area contributed by atoms with Crippen LogP contribution in [0.2, 0.25) is 10.0 Å². The van der Waals surface area contributed by atoms with E-state index in [1.807, 2.05) is 0 Å². The molecule has 1 aromatic heterocycles. The molecule has 1 atom stereocenters. The van der Waals surface area contributed by atoms with Crippen LogP contribution in [0, 0.1) is 0 Å². The highest BCUT2D eigenvalue weighted by atomic mass is 35.5. The number of fused-ring (bicyclic) bond motifs is 1. The number of nitrogens with one attached hydrogen (secondary N) is 1. The summed E-state index contributed by atoms with van der Waals surface area (Å²) in [6, 6.07) is 11.5. The maximum Gasteiger partial charge on any atom is 0.488 e. The van der Waals surface area contributed by atoms with Crippen molar-refractivity contribution in [1.82, 2.24) is 9.47 Å². The predicted octanol–water partition coefficient (Wildman–Crippen LogP) is 6.65. The quantitative estimate of drug-likeness (QED) is 0.304. The highest BCUT2D eigenvalue weighted by molar-refractivity contribution is 6.40. The maximum atomic E-state index is 14.2. The number of hydrogen-bond donors (Lipinski definition) is 1. The summed E-state index contributed by atoms with van der Waals surface area (Å²) < 4.78 is 41.3. The molecule has 174 valence electrons. The summed E-state index contributed by atoms with van der Waals surface area (Å²) >= 11 is 12.2. The highest BCUT2D eigenvalue weighted by Gasteiger charge is 2.59. The van der Waals surface area contributed by atoms with Gasteiger partial charge in [0.25, 0.3) is 5.91 Å². The van der Waals surface area contributed by atoms with E-state index in [0.29, 0.717) is 6.20 Å².